The molecule has 1 aromatic carbocycles. The Bertz CT molecular complexity index is 1310. The molecule has 5 N–H and O–H groups in total. The van der Waals surface area contributed by atoms with Crippen molar-refractivity contribution in [1.29, 1.82) is 0 Å². The van der Waals surface area contributed by atoms with E-state index in [0.29, 0.717) is 4.57 Å². The maximum atomic E-state index is 14.8. The summed E-state index contributed by atoms with van der Waals surface area (Å²) in [5.74, 6) is -3.64. The molecule has 200 valence electrons. The molecule has 2 heterocycles. The van der Waals surface area contributed by atoms with Gasteiger partial charge in [-0.2, -0.15) is 13.1 Å². The van der Waals surface area contributed by atoms with Crippen LogP contribution in [0.2, 0.25) is 0 Å². The first-order chi connectivity index (χ1) is 16.5. The third-order valence-electron chi connectivity index (χ3n) is 5.14. The van der Waals surface area contributed by atoms with Gasteiger partial charge in [-0.15, -0.1) is 0 Å². The van der Waals surface area contributed by atoms with E-state index in [1.54, 1.807) is 0 Å². The van der Waals surface area contributed by atoms with E-state index in [-0.39, 0.29) is 10.1 Å². The normalized spacial score (nSPS) is 24.6. The first-order valence-electron chi connectivity index (χ1n) is 10.0. The zero-order chi connectivity index (χ0) is 27.1. The van der Waals surface area contributed by atoms with Gasteiger partial charge < -0.3 is 29.6 Å². The molecule has 5 atom stereocenters. The predicted molar refractivity (Wildman–Crippen MR) is 115 cm³/mol. The van der Waals surface area contributed by atoms with Crippen LogP contribution in [0.25, 0.3) is 0 Å². The van der Waals surface area contributed by atoms with Crippen LogP contribution < -0.4 is 11.2 Å². The largest absolute Gasteiger partial charge is 0.481 e. The van der Waals surface area contributed by atoms with Crippen LogP contribution in [0.4, 0.5) is 8.78 Å². The molecule has 3 rings (SSSR count). The van der Waals surface area contributed by atoms with Gasteiger partial charge in [0.15, 0.2) is 6.23 Å². The topological polar surface area (TPSA) is 207 Å². The summed E-state index contributed by atoms with van der Waals surface area (Å²) in [6.45, 7) is -1.17. The lowest BCUT2D eigenvalue weighted by Gasteiger charge is -2.22. The van der Waals surface area contributed by atoms with E-state index in [2.05, 4.69) is 8.83 Å². The van der Waals surface area contributed by atoms with Crippen LogP contribution >= 0.6 is 15.6 Å². The van der Waals surface area contributed by atoms with E-state index in [4.69, 9.17) is 14.5 Å². The lowest BCUT2D eigenvalue weighted by molar-refractivity contribution is -0.0570. The number of phosphoric acid groups is 2. The Kier molecular flexibility index (Phi) is 8.18. The summed E-state index contributed by atoms with van der Waals surface area (Å²) in [5, 5.41) is 20.6. The average Bonchev–Trinajstić information content (AvgIpc) is 3.05. The fraction of sp³-hybridized carbons (Fsp3) is 0.444. The number of aryl methyl sites for hydroxylation is 1. The molecule has 0 saturated carbocycles. The molecule has 36 heavy (non-hydrogen) atoms. The van der Waals surface area contributed by atoms with E-state index in [1.165, 1.54) is 25.1 Å². The minimum absolute atomic E-state index is 0.182. The Morgan fingerprint density at radius 3 is 2.28 bits per heavy atom. The van der Waals surface area contributed by atoms with Crippen LogP contribution in [-0.4, -0.2) is 58.9 Å². The highest BCUT2D eigenvalue weighted by molar-refractivity contribution is 7.60. The highest BCUT2D eigenvalue weighted by Crippen LogP contribution is 2.57. The molecule has 1 aliphatic rings. The number of rotatable bonds is 9. The molecule has 0 bridgehead atoms. The summed E-state index contributed by atoms with van der Waals surface area (Å²) < 4.78 is 66.1. The third-order valence-corrected chi connectivity index (χ3v) is 7.29. The maximum Gasteiger partial charge on any atom is 0.481 e. The molecule has 1 fully saturated rings. The molecule has 2 aromatic rings. The van der Waals surface area contributed by atoms with Crippen molar-refractivity contribution in [2.24, 2.45) is 0 Å². The van der Waals surface area contributed by atoms with Gasteiger partial charge in [-0.3, -0.25) is 18.5 Å². The monoisotopic (exact) mass is 558 g/mol. The second-order valence-electron chi connectivity index (χ2n) is 7.85. The van der Waals surface area contributed by atoms with Gasteiger partial charge >= 0.3 is 21.3 Å². The van der Waals surface area contributed by atoms with Gasteiger partial charge in [0.05, 0.1) is 13.2 Å². The van der Waals surface area contributed by atoms with E-state index in [9.17, 15) is 42.6 Å². The summed E-state index contributed by atoms with van der Waals surface area (Å²) in [7, 11) is -10.8. The second-order valence-corrected chi connectivity index (χ2v) is 10.7. The van der Waals surface area contributed by atoms with Crippen molar-refractivity contribution in [3.63, 3.8) is 0 Å². The number of hydrogen-bond donors (Lipinski definition) is 5. The number of alkyl halides is 2. The van der Waals surface area contributed by atoms with Crippen molar-refractivity contribution >= 4 is 15.6 Å². The van der Waals surface area contributed by atoms with Gasteiger partial charge in [-0.25, -0.2) is 13.9 Å². The second kappa shape index (κ2) is 10.3. The number of halogens is 2. The van der Waals surface area contributed by atoms with Crippen molar-refractivity contribution in [2.45, 2.75) is 43.9 Å². The van der Waals surface area contributed by atoms with E-state index in [0.717, 1.165) is 18.3 Å². The fourth-order valence-corrected chi connectivity index (χ4v) is 5.07. The van der Waals surface area contributed by atoms with Crippen LogP contribution in [0, 0.1) is 6.92 Å². The highest BCUT2D eigenvalue weighted by atomic mass is 31.3. The van der Waals surface area contributed by atoms with Crippen molar-refractivity contribution in [3.05, 3.63) is 68.5 Å². The molecule has 18 heteroatoms. The van der Waals surface area contributed by atoms with Crippen molar-refractivity contribution in [2.75, 3.05) is 6.61 Å². The van der Waals surface area contributed by atoms with Crippen molar-refractivity contribution in [3.8, 4) is 0 Å². The van der Waals surface area contributed by atoms with Crippen molar-refractivity contribution < 1.29 is 56.4 Å². The Balaban J connectivity index is 1.88. The van der Waals surface area contributed by atoms with Gasteiger partial charge in [0.1, 0.15) is 18.3 Å². The number of benzene rings is 1. The summed E-state index contributed by atoms with van der Waals surface area (Å²) in [6, 6.07) is 6.43. The Morgan fingerprint density at radius 1 is 1.08 bits per heavy atom. The predicted octanol–water partition coefficient (Wildman–Crippen LogP) is -0.0441. The van der Waals surface area contributed by atoms with Crippen molar-refractivity contribution in [1.82, 2.24) is 9.13 Å². The van der Waals surface area contributed by atoms with Gasteiger partial charge in [0.25, 0.3) is 11.5 Å². The molecule has 14 nitrogen and oxygen atoms in total. The van der Waals surface area contributed by atoms with Gasteiger partial charge in [-0.05, 0) is 6.92 Å². The number of nitrogens with zero attached hydrogens (tertiary/aromatic N) is 2. The minimum Gasteiger partial charge on any atom is -0.387 e. The van der Waals surface area contributed by atoms with E-state index in [1.807, 2.05) is 0 Å². The summed E-state index contributed by atoms with van der Waals surface area (Å²) >= 11 is 0. The smallest absolute Gasteiger partial charge is 0.387 e. The third kappa shape index (κ3) is 6.42. The Hall–Kier alpha value is -2.10. The zero-order valence-corrected chi connectivity index (χ0v) is 20.1. The number of phosphoric ester groups is 1. The molecule has 0 amide bonds. The molecule has 0 spiro atoms. The summed E-state index contributed by atoms with van der Waals surface area (Å²) in [6.07, 6.45) is -6.25. The zero-order valence-electron chi connectivity index (χ0n) is 18.3. The molecule has 0 aliphatic carbocycles. The van der Waals surface area contributed by atoms with Crippen LogP contribution in [0.15, 0.2) is 46.1 Å². The number of hydrogen-bond acceptors (Lipinski definition) is 9. The summed E-state index contributed by atoms with van der Waals surface area (Å²) in [5.41, 5.74) is -2.98. The Morgan fingerprint density at radius 2 is 1.69 bits per heavy atom. The molecule has 1 aliphatic heterocycles. The quantitative estimate of drug-likeness (QED) is 0.257. The van der Waals surface area contributed by atoms with Crippen LogP contribution in [0.5, 0.6) is 0 Å². The minimum atomic E-state index is -5.43. The van der Waals surface area contributed by atoms with Crippen LogP contribution in [-0.2, 0) is 35.2 Å². The Labute approximate surface area is 200 Å². The lowest BCUT2D eigenvalue weighted by Crippen LogP contribution is -2.46. The summed E-state index contributed by atoms with van der Waals surface area (Å²) in [4.78, 5) is 52.1. The van der Waals surface area contributed by atoms with E-state index >= 15 is 0 Å². The van der Waals surface area contributed by atoms with Gasteiger partial charge in [-0.1, -0.05) is 30.3 Å². The molecule has 3 unspecified atom stereocenters. The van der Waals surface area contributed by atoms with Crippen LogP contribution in [0.3, 0.4) is 0 Å². The molecular weight excluding hydrogens is 536 g/mol. The molecular formula is C18H22F2N2O12P2. The SMILES string of the molecule is Cc1cn([C@@H]2O[C@H](COP(=O)(O)OP(=O)(O)O)C(O)C2O)c(=O)n(CC(F)(F)c2ccccc2)c1=O. The first-order valence-corrected chi connectivity index (χ1v) is 13.1. The lowest BCUT2D eigenvalue weighted by atomic mass is 10.1. The molecule has 1 saturated heterocycles. The van der Waals surface area contributed by atoms with Crippen LogP contribution in [0.1, 0.15) is 17.4 Å². The number of aromatic nitrogens is 2. The number of ether oxygens (including phenoxy) is 1. The highest BCUT2D eigenvalue weighted by Gasteiger charge is 2.46. The fourth-order valence-electron chi connectivity index (χ4n) is 3.47. The number of aliphatic hydroxyl groups excluding tert-OH is 2. The number of aliphatic hydroxyl groups is 2. The molecule has 1 aromatic heterocycles. The van der Waals surface area contributed by atoms with E-state index < -0.39 is 76.1 Å². The first kappa shape index (κ1) is 28.5. The average molecular weight is 558 g/mol. The van der Waals surface area contributed by atoms with Gasteiger partial charge in [0.2, 0.25) is 0 Å². The van der Waals surface area contributed by atoms with Gasteiger partial charge in [0, 0.05) is 17.3 Å². The molecule has 0 radical (unpaired) electrons. The standard InChI is InChI=1S/C18H22F2N2O12P2/c1-10-7-21(17(26)22(15(10)25)9-18(19,20)11-5-3-2-4-6-11)16-14(24)13(23)12(33-16)8-32-36(30,31)34-35(27,28)29/h2-7,12-14,16,23-24H,8-9H2,1H3,(H,30,31)(H2,27,28,29)/t12-,13?,14?,16-/m1/s1. The maximum absolute atomic E-state index is 14.8.